The van der Waals surface area contributed by atoms with Crippen LogP contribution in [0.15, 0.2) is 30.3 Å². The number of methoxy groups -OCH3 is 1. The molecule has 7 nitrogen and oxygen atoms in total. The van der Waals surface area contributed by atoms with Crippen molar-refractivity contribution in [3.8, 4) is 0 Å². The first kappa shape index (κ1) is 21.6. The first-order valence-corrected chi connectivity index (χ1v) is 9.64. The van der Waals surface area contributed by atoms with E-state index in [9.17, 15) is 19.2 Å². The highest BCUT2D eigenvalue weighted by atomic mass is 16.5. The van der Waals surface area contributed by atoms with E-state index in [0.29, 0.717) is 19.3 Å². The van der Waals surface area contributed by atoms with Crippen molar-refractivity contribution < 1.29 is 23.9 Å². The van der Waals surface area contributed by atoms with Gasteiger partial charge in [-0.15, -0.1) is 0 Å². The molecule has 0 aliphatic heterocycles. The Bertz CT molecular complexity index is 704. The number of hydrogen-bond donors (Lipinski definition) is 2. The molecule has 1 fully saturated rings. The minimum Gasteiger partial charge on any atom is -0.467 e. The second kappa shape index (κ2) is 10.6. The molecule has 0 spiro atoms. The van der Waals surface area contributed by atoms with Crippen molar-refractivity contribution in [2.75, 3.05) is 7.11 Å². The van der Waals surface area contributed by atoms with Crippen LogP contribution in [-0.2, 0) is 23.9 Å². The lowest BCUT2D eigenvalue weighted by Crippen LogP contribution is -2.48. The predicted octanol–water partition coefficient (Wildman–Crippen LogP) is 2.06. The van der Waals surface area contributed by atoms with Crippen LogP contribution >= 0.6 is 0 Å². The third-order valence-electron chi connectivity index (χ3n) is 5.02. The molecule has 0 bridgehead atoms. The number of esters is 1. The number of carbonyl (C=O) groups excluding carboxylic acids is 4. The fourth-order valence-corrected chi connectivity index (χ4v) is 3.45. The van der Waals surface area contributed by atoms with E-state index < -0.39 is 17.9 Å². The third kappa shape index (κ3) is 6.48. The van der Waals surface area contributed by atoms with Gasteiger partial charge in [-0.05, 0) is 31.2 Å². The van der Waals surface area contributed by atoms with Crippen molar-refractivity contribution in [1.29, 1.82) is 0 Å². The molecule has 0 saturated heterocycles. The lowest BCUT2D eigenvalue weighted by atomic mass is 9.83. The molecule has 0 unspecified atom stereocenters. The summed E-state index contributed by atoms with van der Waals surface area (Å²) < 4.78 is 4.78. The number of nitrogens with one attached hydrogen (secondary N) is 2. The minimum absolute atomic E-state index is 0.0144. The second-order valence-corrected chi connectivity index (χ2v) is 7.16. The Morgan fingerprint density at radius 3 is 2.36 bits per heavy atom. The van der Waals surface area contributed by atoms with Crippen molar-refractivity contribution in [2.24, 2.45) is 5.92 Å². The van der Waals surface area contributed by atoms with Crippen molar-refractivity contribution in [2.45, 2.75) is 57.5 Å². The van der Waals surface area contributed by atoms with Crippen LogP contribution in [0.25, 0.3) is 0 Å². The molecule has 0 heterocycles. The van der Waals surface area contributed by atoms with Gasteiger partial charge in [-0.25, -0.2) is 4.79 Å². The molecule has 3 atom stereocenters. The quantitative estimate of drug-likeness (QED) is 0.664. The number of Topliss-reactive ketones (excluding diaryl/α,β-unsaturated/α-hetero) is 1. The molecule has 0 radical (unpaired) electrons. The number of carbonyl (C=O) groups is 4. The number of hydrogen-bond acceptors (Lipinski definition) is 5. The Hall–Kier alpha value is -2.70. The van der Waals surface area contributed by atoms with E-state index in [1.807, 2.05) is 37.3 Å². The molecular weight excluding hydrogens is 360 g/mol. The lowest BCUT2D eigenvalue weighted by Gasteiger charge is -2.28. The van der Waals surface area contributed by atoms with Crippen molar-refractivity contribution in [3.05, 3.63) is 35.9 Å². The van der Waals surface area contributed by atoms with Gasteiger partial charge in [-0.3, -0.25) is 14.4 Å². The van der Waals surface area contributed by atoms with Gasteiger partial charge >= 0.3 is 5.97 Å². The molecule has 2 rings (SSSR count). The Balaban J connectivity index is 1.84. The van der Waals surface area contributed by atoms with Gasteiger partial charge in [0.05, 0.1) is 13.2 Å². The summed E-state index contributed by atoms with van der Waals surface area (Å²) in [6.07, 6.45) is 2.13. The molecule has 0 aromatic heterocycles. The van der Waals surface area contributed by atoms with Crippen LogP contribution in [0, 0.1) is 5.92 Å². The molecule has 28 heavy (non-hydrogen) atoms. The Kier molecular flexibility index (Phi) is 8.17. The SMILES string of the molecule is COC(=O)[C@@H](NC(=O)CCC(=O)N[C@H](C)c1ccccc1)[C@@H]1CCCC(=O)C1. The second-order valence-electron chi connectivity index (χ2n) is 7.16. The van der Waals surface area contributed by atoms with Crippen LogP contribution in [0.4, 0.5) is 0 Å². The summed E-state index contributed by atoms with van der Waals surface area (Å²) in [6, 6.07) is 8.53. The standard InChI is InChI=1S/C21H28N2O5/c1-14(15-7-4-3-5-8-15)22-18(25)11-12-19(26)23-20(21(27)28-2)16-9-6-10-17(24)13-16/h3-5,7-8,14,16,20H,6,9-13H2,1-2H3,(H,22,25)(H,23,26)/t14-,16-,20+/m1/s1. The molecule has 1 aliphatic rings. The predicted molar refractivity (Wildman–Crippen MR) is 103 cm³/mol. The zero-order valence-electron chi connectivity index (χ0n) is 16.4. The number of rotatable bonds is 8. The van der Waals surface area contributed by atoms with Crippen LogP contribution < -0.4 is 10.6 Å². The van der Waals surface area contributed by atoms with E-state index in [1.165, 1.54) is 7.11 Å². The zero-order valence-corrected chi connectivity index (χ0v) is 16.4. The Morgan fingerprint density at radius 2 is 1.75 bits per heavy atom. The van der Waals surface area contributed by atoms with Gasteiger partial charge in [-0.1, -0.05) is 30.3 Å². The van der Waals surface area contributed by atoms with Crippen molar-refractivity contribution in [1.82, 2.24) is 10.6 Å². The molecule has 2 amide bonds. The summed E-state index contributed by atoms with van der Waals surface area (Å²) in [5.41, 5.74) is 0.980. The Morgan fingerprint density at radius 1 is 1.11 bits per heavy atom. The summed E-state index contributed by atoms with van der Waals surface area (Å²) in [7, 11) is 1.25. The highest BCUT2D eigenvalue weighted by Gasteiger charge is 2.34. The van der Waals surface area contributed by atoms with Gasteiger partial charge < -0.3 is 15.4 Å². The fourth-order valence-electron chi connectivity index (χ4n) is 3.45. The Labute approximate surface area is 165 Å². The van der Waals surface area contributed by atoms with Crippen LogP contribution in [-0.4, -0.2) is 36.7 Å². The van der Waals surface area contributed by atoms with Gasteiger partial charge in [-0.2, -0.15) is 0 Å². The van der Waals surface area contributed by atoms with Crippen LogP contribution in [0.2, 0.25) is 0 Å². The van der Waals surface area contributed by atoms with Crippen molar-refractivity contribution >= 4 is 23.6 Å². The first-order valence-electron chi connectivity index (χ1n) is 9.64. The summed E-state index contributed by atoms with van der Waals surface area (Å²) in [4.78, 5) is 48.2. The molecule has 152 valence electrons. The third-order valence-corrected chi connectivity index (χ3v) is 5.02. The molecule has 1 saturated carbocycles. The van der Waals surface area contributed by atoms with E-state index in [1.54, 1.807) is 0 Å². The number of ketones is 1. The maximum atomic E-state index is 12.3. The zero-order chi connectivity index (χ0) is 20.5. The summed E-state index contributed by atoms with van der Waals surface area (Å²) in [5, 5.41) is 5.51. The monoisotopic (exact) mass is 388 g/mol. The molecule has 1 aliphatic carbocycles. The topological polar surface area (TPSA) is 102 Å². The lowest BCUT2D eigenvalue weighted by molar-refractivity contribution is -0.147. The van der Waals surface area contributed by atoms with Gasteiger partial charge in [0.15, 0.2) is 0 Å². The average molecular weight is 388 g/mol. The van der Waals surface area contributed by atoms with E-state index in [2.05, 4.69) is 10.6 Å². The first-order chi connectivity index (χ1) is 13.4. The summed E-state index contributed by atoms with van der Waals surface area (Å²) in [5.74, 6) is -1.38. The normalized spacial score (nSPS) is 18.6. The molecule has 1 aromatic carbocycles. The summed E-state index contributed by atoms with van der Waals surface area (Å²) in [6.45, 7) is 1.88. The highest BCUT2D eigenvalue weighted by Crippen LogP contribution is 2.25. The van der Waals surface area contributed by atoms with Crippen molar-refractivity contribution in [3.63, 3.8) is 0 Å². The van der Waals surface area contributed by atoms with Gasteiger partial charge in [0.1, 0.15) is 11.8 Å². The number of amides is 2. The fraction of sp³-hybridized carbons (Fsp3) is 0.524. The van der Waals surface area contributed by atoms with E-state index in [0.717, 1.165) is 5.56 Å². The van der Waals surface area contributed by atoms with E-state index >= 15 is 0 Å². The van der Waals surface area contributed by atoms with E-state index in [-0.39, 0.29) is 42.9 Å². The highest BCUT2D eigenvalue weighted by molar-refractivity contribution is 5.88. The van der Waals surface area contributed by atoms with E-state index in [4.69, 9.17) is 4.74 Å². The largest absolute Gasteiger partial charge is 0.467 e. The molecule has 1 aromatic rings. The number of benzene rings is 1. The minimum atomic E-state index is -0.854. The molecule has 7 heteroatoms. The summed E-state index contributed by atoms with van der Waals surface area (Å²) >= 11 is 0. The van der Waals surface area contributed by atoms with Gasteiger partial charge in [0.25, 0.3) is 0 Å². The maximum absolute atomic E-state index is 12.3. The molecule has 2 N–H and O–H groups in total. The maximum Gasteiger partial charge on any atom is 0.328 e. The van der Waals surface area contributed by atoms with Gasteiger partial charge in [0, 0.05) is 25.7 Å². The number of ether oxygens (including phenoxy) is 1. The molecular formula is C21H28N2O5. The van der Waals surface area contributed by atoms with Crippen LogP contribution in [0.5, 0.6) is 0 Å². The van der Waals surface area contributed by atoms with Crippen LogP contribution in [0.1, 0.15) is 57.1 Å². The average Bonchev–Trinajstić information content (AvgIpc) is 2.70. The van der Waals surface area contributed by atoms with Gasteiger partial charge in [0.2, 0.25) is 11.8 Å². The smallest absolute Gasteiger partial charge is 0.328 e. The van der Waals surface area contributed by atoms with Crippen LogP contribution in [0.3, 0.4) is 0 Å².